The van der Waals surface area contributed by atoms with E-state index in [9.17, 15) is 14.4 Å². The number of aryl methyl sites for hydroxylation is 1. The van der Waals surface area contributed by atoms with Gasteiger partial charge in [0.05, 0.1) is 27.8 Å². The number of anilines is 1. The van der Waals surface area contributed by atoms with Crippen molar-refractivity contribution in [3.8, 4) is 11.3 Å². The normalized spacial score (nSPS) is 10.9. The molecule has 0 aliphatic heterocycles. The Labute approximate surface area is 189 Å². The van der Waals surface area contributed by atoms with E-state index in [1.54, 1.807) is 12.1 Å². The highest BCUT2D eigenvalue weighted by Crippen LogP contribution is 2.31. The number of amides is 1. The van der Waals surface area contributed by atoms with Crippen LogP contribution in [0.2, 0.25) is 0 Å². The van der Waals surface area contributed by atoms with E-state index in [4.69, 9.17) is 0 Å². The van der Waals surface area contributed by atoms with Gasteiger partial charge in [-0.25, -0.2) is 9.97 Å². The molecule has 156 valence electrons. The minimum Gasteiger partial charge on any atom is -0.302 e. The van der Waals surface area contributed by atoms with Crippen molar-refractivity contribution in [1.29, 1.82) is 0 Å². The highest BCUT2D eigenvalue weighted by molar-refractivity contribution is 9.10. The molecular formula is C22H17BrN4O3S. The monoisotopic (exact) mass is 496 g/mol. The molecule has 0 unspecified atom stereocenters. The molecule has 0 aliphatic carbocycles. The van der Waals surface area contributed by atoms with Crippen LogP contribution < -0.4 is 10.9 Å². The van der Waals surface area contributed by atoms with Crippen LogP contribution in [0.25, 0.3) is 22.2 Å². The SMILES string of the molecule is CC(=O)c1sc(NC(=O)CCn2cnc3ccc(Br)cc3c2=O)nc1-c1ccccc1. The smallest absolute Gasteiger partial charge is 0.261 e. The lowest BCUT2D eigenvalue weighted by atomic mass is 10.1. The van der Waals surface area contributed by atoms with E-state index in [-0.39, 0.29) is 30.2 Å². The molecule has 2 aromatic carbocycles. The third-order valence-electron chi connectivity index (χ3n) is 4.61. The Morgan fingerprint density at radius 3 is 2.68 bits per heavy atom. The minimum absolute atomic E-state index is 0.0662. The number of hydrogen-bond donors (Lipinski definition) is 1. The molecule has 0 radical (unpaired) electrons. The average Bonchev–Trinajstić information content (AvgIpc) is 3.18. The second-order valence-corrected chi connectivity index (χ2v) is 8.74. The highest BCUT2D eigenvalue weighted by Gasteiger charge is 2.18. The van der Waals surface area contributed by atoms with Gasteiger partial charge in [-0.05, 0) is 18.2 Å². The first kappa shape index (κ1) is 21.1. The molecule has 9 heteroatoms. The van der Waals surface area contributed by atoms with Crippen molar-refractivity contribution in [2.24, 2.45) is 0 Å². The topological polar surface area (TPSA) is 94.0 Å². The number of hydrogen-bond acceptors (Lipinski definition) is 6. The van der Waals surface area contributed by atoms with Crippen molar-refractivity contribution < 1.29 is 9.59 Å². The van der Waals surface area contributed by atoms with Crippen molar-refractivity contribution >= 4 is 55.0 Å². The van der Waals surface area contributed by atoms with Crippen molar-refractivity contribution in [3.63, 3.8) is 0 Å². The Bertz CT molecular complexity index is 1350. The lowest BCUT2D eigenvalue weighted by Crippen LogP contribution is -2.23. The summed E-state index contributed by atoms with van der Waals surface area (Å²) >= 11 is 4.50. The third-order valence-corrected chi connectivity index (χ3v) is 6.17. The van der Waals surface area contributed by atoms with Gasteiger partial charge in [0.25, 0.3) is 5.56 Å². The van der Waals surface area contributed by atoms with Gasteiger partial charge < -0.3 is 5.32 Å². The Balaban J connectivity index is 1.50. The first-order valence-electron chi connectivity index (χ1n) is 9.44. The summed E-state index contributed by atoms with van der Waals surface area (Å²) in [5.74, 6) is -0.415. The molecule has 0 fully saturated rings. The van der Waals surface area contributed by atoms with E-state index in [0.717, 1.165) is 21.4 Å². The Hall–Kier alpha value is -3.17. The van der Waals surface area contributed by atoms with Gasteiger partial charge in [-0.2, -0.15) is 0 Å². The first-order valence-corrected chi connectivity index (χ1v) is 11.0. The maximum Gasteiger partial charge on any atom is 0.261 e. The second-order valence-electron chi connectivity index (χ2n) is 6.82. The summed E-state index contributed by atoms with van der Waals surface area (Å²) in [4.78, 5) is 46.4. The maximum absolute atomic E-state index is 12.7. The lowest BCUT2D eigenvalue weighted by Gasteiger charge is -2.07. The maximum atomic E-state index is 12.7. The van der Waals surface area contributed by atoms with E-state index in [0.29, 0.717) is 26.6 Å². The number of carbonyl (C=O) groups excluding carboxylic acids is 2. The summed E-state index contributed by atoms with van der Waals surface area (Å²) in [6, 6.07) is 14.6. The van der Waals surface area contributed by atoms with E-state index < -0.39 is 0 Å². The molecule has 31 heavy (non-hydrogen) atoms. The molecule has 7 nitrogen and oxygen atoms in total. The Morgan fingerprint density at radius 1 is 1.16 bits per heavy atom. The lowest BCUT2D eigenvalue weighted by molar-refractivity contribution is -0.116. The van der Waals surface area contributed by atoms with E-state index >= 15 is 0 Å². The number of nitrogens with zero attached hydrogens (tertiary/aromatic N) is 3. The Morgan fingerprint density at radius 2 is 1.94 bits per heavy atom. The van der Waals surface area contributed by atoms with Crippen molar-refractivity contribution in [1.82, 2.24) is 14.5 Å². The molecule has 0 atom stereocenters. The molecule has 0 saturated heterocycles. The zero-order chi connectivity index (χ0) is 22.0. The Kier molecular flexibility index (Phi) is 6.06. The molecule has 0 spiro atoms. The number of carbonyl (C=O) groups is 2. The molecule has 2 heterocycles. The van der Waals surface area contributed by atoms with E-state index in [1.165, 1.54) is 17.8 Å². The number of Topliss-reactive ketones (excluding diaryl/α,β-unsaturated/α-hetero) is 1. The van der Waals surface area contributed by atoms with Gasteiger partial charge in [0.1, 0.15) is 0 Å². The van der Waals surface area contributed by atoms with Gasteiger partial charge in [-0.3, -0.25) is 19.0 Å². The number of aromatic nitrogens is 3. The quantitative estimate of drug-likeness (QED) is 0.396. The fourth-order valence-corrected chi connectivity index (χ4v) is 4.36. The minimum atomic E-state index is -0.301. The summed E-state index contributed by atoms with van der Waals surface area (Å²) in [7, 11) is 0. The average molecular weight is 497 g/mol. The molecule has 0 aliphatic rings. The van der Waals surface area contributed by atoms with Crippen LogP contribution in [-0.4, -0.2) is 26.2 Å². The predicted octanol–water partition coefficient (Wildman–Crippen LogP) is 4.51. The number of thiazole rings is 1. The van der Waals surface area contributed by atoms with Crippen LogP contribution in [0, 0.1) is 0 Å². The molecule has 4 rings (SSSR count). The van der Waals surface area contributed by atoms with Gasteiger partial charge in [-0.15, -0.1) is 0 Å². The van der Waals surface area contributed by atoms with E-state index in [2.05, 4.69) is 31.2 Å². The van der Waals surface area contributed by atoms with Gasteiger partial charge in [0, 0.05) is 29.9 Å². The van der Waals surface area contributed by atoms with Crippen LogP contribution in [0.15, 0.2) is 64.1 Å². The fraction of sp³-hybridized carbons (Fsp3) is 0.136. The highest BCUT2D eigenvalue weighted by atomic mass is 79.9. The van der Waals surface area contributed by atoms with Crippen molar-refractivity contribution in [2.75, 3.05) is 5.32 Å². The molecule has 0 saturated carbocycles. The summed E-state index contributed by atoms with van der Waals surface area (Å²) in [6.07, 6.45) is 1.51. The molecule has 0 bridgehead atoms. The zero-order valence-electron chi connectivity index (χ0n) is 16.5. The fourth-order valence-electron chi connectivity index (χ4n) is 3.10. The van der Waals surface area contributed by atoms with Gasteiger partial charge >= 0.3 is 0 Å². The summed E-state index contributed by atoms with van der Waals surface area (Å²) in [6.45, 7) is 1.65. The van der Waals surface area contributed by atoms with Crippen LogP contribution in [0.3, 0.4) is 0 Å². The number of fused-ring (bicyclic) bond motifs is 1. The summed E-state index contributed by atoms with van der Waals surface area (Å²) < 4.78 is 2.20. The largest absolute Gasteiger partial charge is 0.302 e. The molecular weight excluding hydrogens is 480 g/mol. The number of benzene rings is 2. The summed E-state index contributed by atoms with van der Waals surface area (Å²) in [5, 5.41) is 3.57. The number of ketones is 1. The van der Waals surface area contributed by atoms with Crippen LogP contribution in [0.5, 0.6) is 0 Å². The first-order chi connectivity index (χ1) is 14.9. The van der Waals surface area contributed by atoms with E-state index in [1.807, 2.05) is 36.4 Å². The molecule has 2 aromatic heterocycles. The summed E-state index contributed by atoms with van der Waals surface area (Å²) in [5.41, 5.74) is 1.75. The van der Waals surface area contributed by atoms with Gasteiger partial charge in [-0.1, -0.05) is 57.6 Å². The number of nitrogens with one attached hydrogen (secondary N) is 1. The predicted molar refractivity (Wildman–Crippen MR) is 125 cm³/mol. The number of halogens is 1. The zero-order valence-corrected chi connectivity index (χ0v) is 18.9. The second kappa shape index (κ2) is 8.91. The van der Waals surface area contributed by atoms with Gasteiger partial charge in [0.2, 0.25) is 5.91 Å². The van der Waals surface area contributed by atoms with Crippen molar-refractivity contribution in [3.05, 3.63) is 74.6 Å². The molecule has 1 amide bonds. The van der Waals surface area contributed by atoms with Gasteiger partial charge in [0.15, 0.2) is 10.9 Å². The van der Waals surface area contributed by atoms with Crippen LogP contribution in [0.4, 0.5) is 5.13 Å². The van der Waals surface area contributed by atoms with Crippen LogP contribution >= 0.6 is 27.3 Å². The molecule has 4 aromatic rings. The number of rotatable bonds is 6. The molecule has 1 N–H and O–H groups in total. The van der Waals surface area contributed by atoms with Crippen LogP contribution in [-0.2, 0) is 11.3 Å². The van der Waals surface area contributed by atoms with Crippen molar-refractivity contribution in [2.45, 2.75) is 19.9 Å². The third kappa shape index (κ3) is 4.62. The van der Waals surface area contributed by atoms with Crippen LogP contribution in [0.1, 0.15) is 23.0 Å². The standard InChI is InChI=1S/C22H17BrN4O3S/c1-13(28)20-19(14-5-3-2-4-6-14)26-22(31-20)25-18(29)9-10-27-12-24-17-8-7-15(23)11-16(17)21(27)30/h2-8,11-12H,9-10H2,1H3,(H,25,26,29).